The molecule has 1 heterocycles. The van der Waals surface area contributed by atoms with E-state index in [1.54, 1.807) is 0 Å². The second-order valence-electron chi connectivity index (χ2n) is 8.46. The van der Waals surface area contributed by atoms with Gasteiger partial charge in [-0.2, -0.15) is 0 Å². The molecule has 0 radical (unpaired) electrons. The smallest absolute Gasteiger partial charge is 0.260 e. The van der Waals surface area contributed by atoms with Crippen LogP contribution >= 0.6 is 50.3 Å². The van der Waals surface area contributed by atoms with Gasteiger partial charge in [0.1, 0.15) is 12.4 Å². The number of ether oxygens (including phenoxy) is 1. The number of aryl methyl sites for hydroxylation is 1. The van der Waals surface area contributed by atoms with Crippen molar-refractivity contribution >= 4 is 78.7 Å². The van der Waals surface area contributed by atoms with Crippen LogP contribution in [0.5, 0.6) is 5.75 Å². The van der Waals surface area contributed by atoms with Crippen molar-refractivity contribution in [3.05, 3.63) is 109 Å². The molecule has 1 atom stereocenters. The zero-order valence-electron chi connectivity index (χ0n) is 19.6. The largest absolute Gasteiger partial charge is 0.487 e. The molecule has 0 aromatic heterocycles. The number of amides is 1. The second-order valence-corrected chi connectivity index (χ2v) is 11.6. The van der Waals surface area contributed by atoms with Gasteiger partial charge in [-0.3, -0.25) is 4.79 Å². The van der Waals surface area contributed by atoms with Gasteiger partial charge in [0, 0.05) is 5.69 Å². The molecule has 1 amide bonds. The molecule has 0 aliphatic carbocycles. The molecule has 2 N–H and O–H groups in total. The standard InChI is InChI=1S/C29H24BrIN2O2S/c1-2-18-8-11-23(12-9-18)32-29-33-28(34)26(36-29)16-20-14-24(30)27(25(31)15-20)35-17-19-7-10-21-5-3-4-6-22(21)13-19/h3-16,29,32H,2,17H2,1H3,(H,33,34)/b26-16-/t29-/m1/s1. The Bertz CT molecular complexity index is 1430. The average Bonchev–Trinajstić information content (AvgIpc) is 3.22. The van der Waals surface area contributed by atoms with Crippen molar-refractivity contribution in [3.63, 3.8) is 0 Å². The first kappa shape index (κ1) is 25.2. The van der Waals surface area contributed by atoms with Crippen LogP contribution in [0.3, 0.4) is 0 Å². The summed E-state index contributed by atoms with van der Waals surface area (Å²) in [6.45, 7) is 2.61. The third-order valence-electron chi connectivity index (χ3n) is 5.91. The molecule has 182 valence electrons. The lowest BCUT2D eigenvalue weighted by Gasteiger charge is -2.13. The molecule has 1 aliphatic rings. The van der Waals surface area contributed by atoms with Gasteiger partial charge in [-0.15, -0.1) is 0 Å². The molecule has 4 nitrogen and oxygen atoms in total. The minimum absolute atomic E-state index is 0.0783. The van der Waals surface area contributed by atoms with E-state index in [0.717, 1.165) is 37.0 Å². The Balaban J connectivity index is 1.26. The molecule has 7 heteroatoms. The van der Waals surface area contributed by atoms with Crippen molar-refractivity contribution in [3.8, 4) is 5.75 Å². The van der Waals surface area contributed by atoms with Crippen LogP contribution in [0, 0.1) is 3.57 Å². The van der Waals surface area contributed by atoms with Gasteiger partial charge < -0.3 is 15.4 Å². The summed E-state index contributed by atoms with van der Waals surface area (Å²) in [6, 6.07) is 27.0. The number of carbonyl (C=O) groups excluding carboxylic acids is 1. The molecule has 1 fully saturated rings. The molecule has 0 unspecified atom stereocenters. The molecule has 0 saturated carbocycles. The van der Waals surface area contributed by atoms with Gasteiger partial charge in [0.25, 0.3) is 5.91 Å². The number of benzene rings is 4. The number of hydrogen-bond donors (Lipinski definition) is 2. The van der Waals surface area contributed by atoms with Gasteiger partial charge in [-0.25, -0.2) is 0 Å². The predicted octanol–water partition coefficient (Wildman–Crippen LogP) is 7.95. The van der Waals surface area contributed by atoms with Crippen LogP contribution in [0.25, 0.3) is 16.8 Å². The first-order chi connectivity index (χ1) is 17.5. The maximum absolute atomic E-state index is 12.6. The van der Waals surface area contributed by atoms with E-state index in [1.807, 2.05) is 42.5 Å². The van der Waals surface area contributed by atoms with E-state index < -0.39 is 0 Å². The van der Waals surface area contributed by atoms with Gasteiger partial charge in [0.15, 0.2) is 5.50 Å². The van der Waals surface area contributed by atoms with Crippen LogP contribution in [0.4, 0.5) is 5.69 Å². The predicted molar refractivity (Wildman–Crippen MR) is 162 cm³/mol. The summed E-state index contributed by atoms with van der Waals surface area (Å²) < 4.78 is 8.01. The minimum Gasteiger partial charge on any atom is -0.487 e. The second kappa shape index (κ2) is 11.3. The molecule has 4 aromatic rings. The maximum Gasteiger partial charge on any atom is 0.260 e. The summed E-state index contributed by atoms with van der Waals surface area (Å²) in [5, 5.41) is 8.79. The number of rotatable bonds is 7. The molecule has 1 aliphatic heterocycles. The molecule has 0 spiro atoms. The normalized spacial score (nSPS) is 16.4. The maximum atomic E-state index is 12.6. The Hall–Kier alpha value is -2.49. The van der Waals surface area contributed by atoms with Crippen LogP contribution < -0.4 is 15.4 Å². The van der Waals surface area contributed by atoms with Gasteiger partial charge in [0.2, 0.25) is 0 Å². The van der Waals surface area contributed by atoms with Crippen LogP contribution in [0.2, 0.25) is 0 Å². The zero-order valence-corrected chi connectivity index (χ0v) is 24.1. The lowest BCUT2D eigenvalue weighted by Crippen LogP contribution is -2.30. The van der Waals surface area contributed by atoms with E-state index in [0.29, 0.717) is 11.5 Å². The Morgan fingerprint density at radius 1 is 1.03 bits per heavy atom. The number of anilines is 1. The van der Waals surface area contributed by atoms with Crippen LogP contribution in [-0.4, -0.2) is 11.4 Å². The number of halogens is 2. The van der Waals surface area contributed by atoms with Crippen molar-refractivity contribution in [1.29, 1.82) is 0 Å². The van der Waals surface area contributed by atoms with Crippen LogP contribution in [0.15, 0.2) is 88.2 Å². The number of fused-ring (bicyclic) bond motifs is 1. The number of thioether (sulfide) groups is 1. The van der Waals surface area contributed by atoms with Gasteiger partial charge in [0.05, 0.1) is 12.9 Å². The van der Waals surface area contributed by atoms with Crippen molar-refractivity contribution in [2.24, 2.45) is 0 Å². The monoisotopic (exact) mass is 670 g/mol. The fourth-order valence-electron chi connectivity index (χ4n) is 3.99. The number of nitrogens with one attached hydrogen (secondary N) is 2. The Labute approximate surface area is 237 Å². The molecule has 0 bridgehead atoms. The summed E-state index contributed by atoms with van der Waals surface area (Å²) in [5.41, 5.74) is 4.12. The highest BCUT2D eigenvalue weighted by Crippen LogP contribution is 2.36. The number of carbonyl (C=O) groups is 1. The Kier molecular flexibility index (Phi) is 7.88. The summed E-state index contributed by atoms with van der Waals surface area (Å²) in [4.78, 5) is 13.3. The first-order valence-corrected chi connectivity index (χ1v) is 14.4. The Morgan fingerprint density at radius 2 is 1.78 bits per heavy atom. The third-order valence-corrected chi connectivity index (χ3v) is 8.33. The first-order valence-electron chi connectivity index (χ1n) is 11.6. The molecule has 1 saturated heterocycles. The highest BCUT2D eigenvalue weighted by Gasteiger charge is 2.27. The molecule has 4 aromatic carbocycles. The van der Waals surface area contributed by atoms with Gasteiger partial charge in [-0.1, -0.05) is 67.2 Å². The lowest BCUT2D eigenvalue weighted by molar-refractivity contribution is -0.116. The fourth-order valence-corrected chi connectivity index (χ4v) is 6.74. The molecule has 5 rings (SSSR count). The van der Waals surface area contributed by atoms with Gasteiger partial charge >= 0.3 is 0 Å². The quantitative estimate of drug-likeness (QED) is 0.155. The highest BCUT2D eigenvalue weighted by atomic mass is 127. The van der Waals surface area contributed by atoms with Crippen LogP contribution in [0.1, 0.15) is 23.6 Å². The molecular weight excluding hydrogens is 647 g/mol. The van der Waals surface area contributed by atoms with Crippen molar-refractivity contribution < 1.29 is 9.53 Å². The van der Waals surface area contributed by atoms with Crippen molar-refractivity contribution in [2.75, 3.05) is 5.32 Å². The SMILES string of the molecule is CCc1ccc(N[C@@H]2NC(=O)/C(=C/c3cc(Br)c(OCc4ccc5ccccc5c4)c(I)c3)S2)cc1. The summed E-state index contributed by atoms with van der Waals surface area (Å²) in [6.07, 6.45) is 2.92. The topological polar surface area (TPSA) is 50.4 Å². The average molecular weight is 671 g/mol. The summed E-state index contributed by atoms with van der Waals surface area (Å²) in [5.74, 6) is 0.718. The third kappa shape index (κ3) is 5.90. The van der Waals surface area contributed by atoms with E-state index in [2.05, 4.69) is 98.5 Å². The van der Waals surface area contributed by atoms with Crippen molar-refractivity contribution in [2.45, 2.75) is 25.4 Å². The van der Waals surface area contributed by atoms with E-state index in [4.69, 9.17) is 4.74 Å². The lowest BCUT2D eigenvalue weighted by atomic mass is 10.1. The van der Waals surface area contributed by atoms with Gasteiger partial charge in [-0.05, 0) is 109 Å². The van der Waals surface area contributed by atoms with E-state index in [9.17, 15) is 4.79 Å². The number of hydrogen-bond acceptors (Lipinski definition) is 4. The summed E-state index contributed by atoms with van der Waals surface area (Å²) in [7, 11) is 0. The van der Waals surface area contributed by atoms with E-state index in [-0.39, 0.29) is 11.4 Å². The van der Waals surface area contributed by atoms with Crippen LogP contribution in [-0.2, 0) is 17.8 Å². The fraction of sp³-hybridized carbons (Fsp3) is 0.138. The molecular formula is C29H24BrIN2O2S. The van der Waals surface area contributed by atoms with Crippen molar-refractivity contribution in [1.82, 2.24) is 5.32 Å². The Morgan fingerprint density at radius 3 is 2.53 bits per heavy atom. The van der Waals surface area contributed by atoms with E-state index in [1.165, 1.54) is 28.1 Å². The summed E-state index contributed by atoms with van der Waals surface area (Å²) >= 11 is 7.43. The molecule has 36 heavy (non-hydrogen) atoms. The van der Waals surface area contributed by atoms with E-state index >= 15 is 0 Å². The zero-order chi connectivity index (χ0) is 25.1. The highest BCUT2D eigenvalue weighted by molar-refractivity contribution is 14.1. The minimum atomic E-state index is -0.205.